The lowest BCUT2D eigenvalue weighted by Crippen LogP contribution is -2.44. The minimum atomic E-state index is -0.855. The molecule has 5 nitrogen and oxygen atoms in total. The Morgan fingerprint density at radius 1 is 1.06 bits per heavy atom. The van der Waals surface area contributed by atoms with Crippen molar-refractivity contribution in [2.75, 3.05) is 11.5 Å². The van der Waals surface area contributed by atoms with Gasteiger partial charge in [0, 0.05) is 17.7 Å². The van der Waals surface area contributed by atoms with Crippen molar-refractivity contribution in [2.45, 2.75) is 77.9 Å². The molecule has 0 fully saturated rings. The molecule has 31 heavy (non-hydrogen) atoms. The van der Waals surface area contributed by atoms with Crippen LogP contribution in [0.15, 0.2) is 29.4 Å². The number of ether oxygens (including phenoxy) is 2. The number of nitrogens with zero attached hydrogens (tertiary/aromatic N) is 1. The maximum Gasteiger partial charge on any atom is 0.322 e. The standard InChI is InChI=1S/C21H31Br2NO4S3/c1-7-21(6,31-16-10-8-9-11-24-16)30-13-15(28-18(26)20(4,5)23)14(12-29)27-17(25)19(2,3)22/h8-11,14-15,29H,7,12-13H2,1-6H3. The number of carbonyl (C=O) groups excluding carboxylic acids is 2. The normalized spacial score (nSPS) is 16.2. The molecule has 0 bridgehead atoms. The lowest BCUT2D eigenvalue weighted by atomic mass is 10.2. The number of hydrogen-bond acceptors (Lipinski definition) is 8. The van der Waals surface area contributed by atoms with Gasteiger partial charge in [-0.05, 0) is 53.2 Å². The number of alkyl halides is 2. The molecule has 0 N–H and O–H groups in total. The fourth-order valence-corrected chi connectivity index (χ4v) is 5.14. The zero-order chi connectivity index (χ0) is 23.9. The molecule has 0 radical (unpaired) electrons. The van der Waals surface area contributed by atoms with E-state index < -0.39 is 32.8 Å². The summed E-state index contributed by atoms with van der Waals surface area (Å²) in [5, 5.41) is 0.924. The monoisotopic (exact) mass is 615 g/mol. The topological polar surface area (TPSA) is 65.5 Å². The average molecular weight is 617 g/mol. The van der Waals surface area contributed by atoms with E-state index in [1.165, 1.54) is 0 Å². The van der Waals surface area contributed by atoms with Crippen molar-refractivity contribution in [3.63, 3.8) is 0 Å². The Balaban J connectivity index is 3.03. The number of thiol groups is 1. The summed E-state index contributed by atoms with van der Waals surface area (Å²) in [5.41, 5.74) is 0. The first-order valence-electron chi connectivity index (χ1n) is 9.86. The van der Waals surface area contributed by atoms with Crippen molar-refractivity contribution in [3.05, 3.63) is 24.4 Å². The molecule has 0 amide bonds. The Morgan fingerprint density at radius 3 is 2.03 bits per heavy atom. The Morgan fingerprint density at radius 2 is 1.61 bits per heavy atom. The summed E-state index contributed by atoms with van der Waals surface area (Å²) in [5.74, 6) is -0.182. The second-order valence-corrected chi connectivity index (χ2v) is 15.7. The van der Waals surface area contributed by atoms with E-state index in [0.29, 0.717) is 5.75 Å². The molecule has 3 unspecified atom stereocenters. The second kappa shape index (κ2) is 12.5. The van der Waals surface area contributed by atoms with Crippen LogP contribution >= 0.6 is 68.0 Å². The van der Waals surface area contributed by atoms with Crippen molar-refractivity contribution in [1.82, 2.24) is 4.98 Å². The van der Waals surface area contributed by atoms with Crippen LogP contribution in [-0.4, -0.2) is 53.4 Å². The minimum absolute atomic E-state index is 0.206. The van der Waals surface area contributed by atoms with Crippen molar-refractivity contribution in [1.29, 1.82) is 0 Å². The van der Waals surface area contributed by atoms with Gasteiger partial charge in [-0.1, -0.05) is 56.6 Å². The van der Waals surface area contributed by atoms with Gasteiger partial charge in [-0.3, -0.25) is 9.59 Å². The van der Waals surface area contributed by atoms with E-state index in [0.717, 1.165) is 11.4 Å². The van der Waals surface area contributed by atoms with Crippen molar-refractivity contribution in [2.24, 2.45) is 0 Å². The van der Waals surface area contributed by atoms with Gasteiger partial charge in [-0.2, -0.15) is 12.6 Å². The summed E-state index contributed by atoms with van der Waals surface area (Å²) in [7, 11) is 0. The summed E-state index contributed by atoms with van der Waals surface area (Å²) in [4.78, 5) is 29.5. The predicted molar refractivity (Wildman–Crippen MR) is 141 cm³/mol. The van der Waals surface area contributed by atoms with E-state index in [9.17, 15) is 9.59 Å². The van der Waals surface area contributed by atoms with E-state index >= 15 is 0 Å². The molecule has 0 saturated carbocycles. The van der Waals surface area contributed by atoms with E-state index in [2.05, 4.69) is 63.3 Å². The molecule has 1 aromatic rings. The zero-order valence-electron chi connectivity index (χ0n) is 18.7. The van der Waals surface area contributed by atoms with Crippen LogP contribution in [0.1, 0.15) is 48.0 Å². The van der Waals surface area contributed by atoms with Crippen molar-refractivity contribution >= 4 is 80.0 Å². The number of esters is 2. The van der Waals surface area contributed by atoms with Crippen LogP contribution in [0.25, 0.3) is 0 Å². The molecule has 0 aromatic carbocycles. The maximum atomic E-state index is 12.6. The van der Waals surface area contributed by atoms with Gasteiger partial charge in [0.25, 0.3) is 0 Å². The lowest BCUT2D eigenvalue weighted by Gasteiger charge is -2.33. The average Bonchev–Trinajstić information content (AvgIpc) is 2.68. The number of pyridine rings is 1. The highest BCUT2D eigenvalue weighted by Crippen LogP contribution is 2.44. The third-order valence-electron chi connectivity index (χ3n) is 4.24. The number of aromatic nitrogens is 1. The van der Waals surface area contributed by atoms with Gasteiger partial charge in [0.1, 0.15) is 20.9 Å². The number of halogens is 2. The molecule has 0 aliphatic heterocycles. The molecular formula is C21H31Br2NO4S3. The van der Waals surface area contributed by atoms with Crippen LogP contribution in [0.3, 0.4) is 0 Å². The smallest absolute Gasteiger partial charge is 0.322 e. The molecule has 176 valence electrons. The summed E-state index contributed by atoms with van der Waals surface area (Å²) in [6.07, 6.45) is 1.30. The van der Waals surface area contributed by atoms with Crippen molar-refractivity contribution in [3.8, 4) is 0 Å². The van der Waals surface area contributed by atoms with Crippen LogP contribution in [0.2, 0.25) is 0 Å². The first kappa shape index (κ1) is 29.1. The Kier molecular flexibility index (Phi) is 11.8. The highest BCUT2D eigenvalue weighted by atomic mass is 79.9. The summed E-state index contributed by atoms with van der Waals surface area (Å²) >= 11 is 14.4. The number of carbonyl (C=O) groups is 2. The van der Waals surface area contributed by atoms with Crippen LogP contribution in [-0.2, 0) is 19.1 Å². The Hall–Kier alpha value is 0.1000. The fraction of sp³-hybridized carbons (Fsp3) is 0.667. The molecule has 0 saturated heterocycles. The summed E-state index contributed by atoms with van der Waals surface area (Å²) < 4.78 is 9.56. The van der Waals surface area contributed by atoms with Gasteiger partial charge >= 0.3 is 11.9 Å². The molecule has 0 aliphatic rings. The Labute approximate surface area is 216 Å². The number of thioether (sulfide) groups is 2. The number of hydrogen-bond donors (Lipinski definition) is 1. The first-order valence-corrected chi connectivity index (χ1v) is 13.9. The van der Waals surface area contributed by atoms with Crippen LogP contribution in [0, 0.1) is 0 Å². The van der Waals surface area contributed by atoms with Crippen LogP contribution < -0.4 is 0 Å². The molecule has 1 aromatic heterocycles. The van der Waals surface area contributed by atoms with E-state index in [-0.39, 0.29) is 9.83 Å². The van der Waals surface area contributed by atoms with Crippen molar-refractivity contribution < 1.29 is 19.1 Å². The zero-order valence-corrected chi connectivity index (χ0v) is 24.4. The third kappa shape index (κ3) is 10.3. The third-order valence-corrected chi connectivity index (χ3v) is 8.41. The van der Waals surface area contributed by atoms with Gasteiger partial charge in [-0.15, -0.1) is 11.8 Å². The van der Waals surface area contributed by atoms with Crippen LogP contribution in [0.5, 0.6) is 0 Å². The van der Waals surface area contributed by atoms with Gasteiger partial charge in [0.05, 0.1) is 9.11 Å². The second-order valence-electron chi connectivity index (χ2n) is 8.08. The molecular weight excluding hydrogens is 586 g/mol. The highest BCUT2D eigenvalue weighted by molar-refractivity contribution is 9.10. The fourth-order valence-electron chi connectivity index (χ4n) is 2.09. The highest BCUT2D eigenvalue weighted by Gasteiger charge is 2.37. The quantitative estimate of drug-likeness (QED) is 0.0996. The maximum absolute atomic E-state index is 12.6. The molecule has 1 heterocycles. The van der Waals surface area contributed by atoms with E-state index in [1.807, 2.05) is 18.2 Å². The first-order chi connectivity index (χ1) is 14.2. The summed E-state index contributed by atoms with van der Waals surface area (Å²) in [6.45, 7) is 11.1. The molecule has 1 rings (SSSR count). The minimum Gasteiger partial charge on any atom is -0.456 e. The lowest BCUT2D eigenvalue weighted by molar-refractivity contribution is -0.166. The van der Waals surface area contributed by atoms with Gasteiger partial charge in [0.15, 0.2) is 0 Å². The van der Waals surface area contributed by atoms with E-state index in [1.54, 1.807) is 57.4 Å². The summed E-state index contributed by atoms with van der Waals surface area (Å²) in [6, 6.07) is 5.81. The SMILES string of the molecule is CCC(C)(SCC(OC(=O)C(C)(C)Br)C(CS)OC(=O)C(C)(C)Br)Sc1ccccn1. The van der Waals surface area contributed by atoms with Crippen LogP contribution in [0.4, 0.5) is 0 Å². The predicted octanol–water partition coefficient (Wildman–Crippen LogP) is 6.13. The molecule has 3 atom stereocenters. The van der Waals surface area contributed by atoms with E-state index in [4.69, 9.17) is 9.47 Å². The van der Waals surface area contributed by atoms with Gasteiger partial charge in [-0.25, -0.2) is 4.98 Å². The van der Waals surface area contributed by atoms with Gasteiger partial charge < -0.3 is 9.47 Å². The molecule has 0 spiro atoms. The Bertz CT molecular complexity index is 726. The molecule has 10 heteroatoms. The molecule has 0 aliphatic carbocycles. The number of rotatable bonds is 12. The largest absolute Gasteiger partial charge is 0.456 e. The van der Waals surface area contributed by atoms with Gasteiger partial charge in [0.2, 0.25) is 0 Å².